The van der Waals surface area contributed by atoms with Crippen LogP contribution in [0.1, 0.15) is 30.6 Å². The topological polar surface area (TPSA) is 37.3 Å². The van der Waals surface area contributed by atoms with Crippen molar-refractivity contribution in [1.29, 1.82) is 0 Å². The van der Waals surface area contributed by atoms with Crippen LogP contribution in [0.25, 0.3) is 6.08 Å². The first-order valence-corrected chi connectivity index (χ1v) is 7.23. The molecule has 1 unspecified atom stereocenters. The number of ketones is 1. The molecule has 0 aromatic heterocycles. The van der Waals surface area contributed by atoms with Crippen LogP contribution in [0.5, 0.6) is 0 Å². The number of hydrogen-bond donors (Lipinski definition) is 1. The zero-order chi connectivity index (χ0) is 15.2. The maximum Gasteiger partial charge on any atom is 0.161 e. The van der Waals surface area contributed by atoms with Crippen molar-refractivity contribution in [2.45, 2.75) is 19.4 Å². The molecule has 2 aromatic carbocycles. The van der Waals surface area contributed by atoms with Gasteiger partial charge in [0.25, 0.3) is 0 Å². The van der Waals surface area contributed by atoms with Gasteiger partial charge in [-0.2, -0.15) is 0 Å². The van der Waals surface area contributed by atoms with Gasteiger partial charge in [0.2, 0.25) is 0 Å². The second-order valence-corrected chi connectivity index (χ2v) is 5.12. The van der Waals surface area contributed by atoms with E-state index in [0.29, 0.717) is 22.6 Å². The van der Waals surface area contributed by atoms with E-state index < -0.39 is 6.10 Å². The van der Waals surface area contributed by atoms with Crippen LogP contribution in [-0.4, -0.2) is 10.9 Å². The molecule has 0 bridgehead atoms. The number of Topliss-reactive ketones (excluding diaryl/α,β-unsaturated/α-hetero) is 1. The number of hydrogen-bond acceptors (Lipinski definition) is 2. The Morgan fingerprint density at radius 1 is 1.14 bits per heavy atom. The molecule has 21 heavy (non-hydrogen) atoms. The molecular weight excluding hydrogens is 284 g/mol. The van der Waals surface area contributed by atoms with Gasteiger partial charge >= 0.3 is 0 Å². The quantitative estimate of drug-likeness (QED) is 0.829. The summed E-state index contributed by atoms with van der Waals surface area (Å²) in [6, 6.07) is 16.5. The molecule has 0 aliphatic carbocycles. The summed E-state index contributed by atoms with van der Waals surface area (Å²) in [5.41, 5.74) is 1.78. The molecule has 2 rings (SSSR count). The van der Waals surface area contributed by atoms with Gasteiger partial charge in [0.05, 0.1) is 0 Å². The van der Waals surface area contributed by atoms with E-state index in [1.165, 1.54) is 0 Å². The zero-order valence-corrected chi connectivity index (χ0v) is 12.5. The van der Waals surface area contributed by atoms with E-state index in [4.69, 9.17) is 11.6 Å². The number of aliphatic hydroxyl groups excluding tert-OH is 1. The molecule has 0 saturated heterocycles. The third-order valence-corrected chi connectivity index (χ3v) is 3.60. The highest BCUT2D eigenvalue weighted by atomic mass is 35.5. The summed E-state index contributed by atoms with van der Waals surface area (Å²) < 4.78 is 0. The molecule has 1 atom stereocenters. The largest absolute Gasteiger partial charge is 0.383 e. The minimum Gasteiger partial charge on any atom is -0.383 e. The van der Waals surface area contributed by atoms with Gasteiger partial charge in [-0.05, 0) is 17.7 Å². The van der Waals surface area contributed by atoms with E-state index in [9.17, 15) is 9.90 Å². The van der Waals surface area contributed by atoms with Crippen LogP contribution in [0.3, 0.4) is 0 Å². The Kier molecular flexibility index (Phi) is 5.32. The highest BCUT2D eigenvalue weighted by molar-refractivity contribution is 6.31. The SMILES string of the molecule is CCC(=O)/C(=C\c1ccccc1)C(O)c1ccccc1Cl. The van der Waals surface area contributed by atoms with Crippen LogP contribution in [-0.2, 0) is 4.79 Å². The van der Waals surface area contributed by atoms with Gasteiger partial charge in [-0.3, -0.25) is 4.79 Å². The van der Waals surface area contributed by atoms with Crippen molar-refractivity contribution in [3.63, 3.8) is 0 Å². The third-order valence-electron chi connectivity index (χ3n) is 3.26. The Bertz CT molecular complexity index is 647. The molecule has 2 aromatic rings. The highest BCUT2D eigenvalue weighted by Crippen LogP contribution is 2.30. The van der Waals surface area contributed by atoms with E-state index in [1.54, 1.807) is 37.3 Å². The number of rotatable bonds is 5. The van der Waals surface area contributed by atoms with Crippen molar-refractivity contribution >= 4 is 23.5 Å². The number of carbonyl (C=O) groups is 1. The molecule has 0 spiro atoms. The Hall–Kier alpha value is -1.90. The van der Waals surface area contributed by atoms with Crippen LogP contribution < -0.4 is 0 Å². The van der Waals surface area contributed by atoms with E-state index in [0.717, 1.165) is 5.56 Å². The van der Waals surface area contributed by atoms with Gasteiger partial charge in [0.15, 0.2) is 5.78 Å². The van der Waals surface area contributed by atoms with E-state index in [2.05, 4.69) is 0 Å². The second-order valence-electron chi connectivity index (χ2n) is 4.71. The summed E-state index contributed by atoms with van der Waals surface area (Å²) in [5.74, 6) is -0.0914. The first-order valence-electron chi connectivity index (χ1n) is 6.85. The van der Waals surface area contributed by atoms with Crippen molar-refractivity contribution in [3.8, 4) is 0 Å². The lowest BCUT2D eigenvalue weighted by molar-refractivity contribution is -0.116. The van der Waals surface area contributed by atoms with Crippen LogP contribution in [0.4, 0.5) is 0 Å². The molecule has 108 valence electrons. The summed E-state index contributed by atoms with van der Waals surface area (Å²) in [5, 5.41) is 11.0. The van der Waals surface area contributed by atoms with Crippen LogP contribution in [0.15, 0.2) is 60.2 Å². The lowest BCUT2D eigenvalue weighted by Crippen LogP contribution is -2.11. The average Bonchev–Trinajstić information content (AvgIpc) is 2.53. The third kappa shape index (κ3) is 3.81. The van der Waals surface area contributed by atoms with E-state index in [-0.39, 0.29) is 5.78 Å². The number of benzene rings is 2. The minimum atomic E-state index is -1.02. The fourth-order valence-electron chi connectivity index (χ4n) is 2.11. The monoisotopic (exact) mass is 300 g/mol. The van der Waals surface area contributed by atoms with Crippen molar-refractivity contribution in [2.24, 2.45) is 0 Å². The summed E-state index contributed by atoms with van der Waals surface area (Å²) in [6.45, 7) is 1.78. The first kappa shape index (κ1) is 15.5. The van der Waals surface area contributed by atoms with Gasteiger partial charge in [-0.15, -0.1) is 0 Å². The summed E-state index contributed by atoms with van der Waals surface area (Å²) in [4.78, 5) is 12.2. The smallest absolute Gasteiger partial charge is 0.161 e. The van der Waals surface area contributed by atoms with Crippen LogP contribution >= 0.6 is 11.6 Å². The van der Waals surface area contributed by atoms with Gasteiger partial charge in [0.1, 0.15) is 6.10 Å². The van der Waals surface area contributed by atoms with Crippen molar-refractivity contribution in [2.75, 3.05) is 0 Å². The zero-order valence-electron chi connectivity index (χ0n) is 11.8. The Morgan fingerprint density at radius 2 is 1.76 bits per heavy atom. The molecule has 0 aliphatic heterocycles. The minimum absolute atomic E-state index is 0.0914. The van der Waals surface area contributed by atoms with Gasteiger partial charge in [-0.25, -0.2) is 0 Å². The molecule has 0 radical (unpaired) electrons. The Morgan fingerprint density at radius 3 is 2.38 bits per heavy atom. The fraction of sp³-hybridized carbons (Fsp3) is 0.167. The van der Waals surface area contributed by atoms with E-state index in [1.807, 2.05) is 30.3 Å². The summed E-state index contributed by atoms with van der Waals surface area (Å²) in [6.07, 6.45) is 1.03. The van der Waals surface area contributed by atoms with Crippen LogP contribution in [0.2, 0.25) is 5.02 Å². The maximum atomic E-state index is 12.2. The molecule has 3 heteroatoms. The standard InChI is InChI=1S/C18H17ClO2/c1-2-17(20)15(12-13-8-4-3-5-9-13)18(21)14-10-6-7-11-16(14)19/h3-12,18,21H,2H2,1H3/b15-12+. The van der Waals surface area contributed by atoms with E-state index >= 15 is 0 Å². The normalized spacial score (nSPS) is 13.0. The highest BCUT2D eigenvalue weighted by Gasteiger charge is 2.21. The molecule has 1 N–H and O–H groups in total. The van der Waals surface area contributed by atoms with Gasteiger partial charge < -0.3 is 5.11 Å². The number of carbonyl (C=O) groups excluding carboxylic acids is 1. The van der Waals surface area contributed by atoms with Gasteiger partial charge in [0, 0.05) is 22.6 Å². The van der Waals surface area contributed by atoms with Crippen molar-refractivity contribution in [1.82, 2.24) is 0 Å². The molecule has 0 saturated carbocycles. The Balaban J connectivity index is 2.44. The molecule has 0 aliphatic rings. The average molecular weight is 301 g/mol. The molecule has 0 heterocycles. The van der Waals surface area contributed by atoms with Crippen molar-refractivity contribution < 1.29 is 9.90 Å². The second kappa shape index (κ2) is 7.21. The van der Waals surface area contributed by atoms with Crippen LogP contribution in [0, 0.1) is 0 Å². The predicted molar refractivity (Wildman–Crippen MR) is 86.1 cm³/mol. The van der Waals surface area contributed by atoms with Crippen molar-refractivity contribution in [3.05, 3.63) is 76.3 Å². The van der Waals surface area contributed by atoms with Gasteiger partial charge in [-0.1, -0.05) is 67.1 Å². The fourth-order valence-corrected chi connectivity index (χ4v) is 2.35. The molecule has 2 nitrogen and oxygen atoms in total. The summed E-state index contributed by atoms with van der Waals surface area (Å²) in [7, 11) is 0. The number of aliphatic hydroxyl groups is 1. The number of halogens is 1. The Labute approximate surface area is 129 Å². The first-order chi connectivity index (χ1) is 10.1. The summed E-state index contributed by atoms with van der Waals surface area (Å²) >= 11 is 6.12. The molecule has 0 fully saturated rings. The molecule has 0 amide bonds. The maximum absolute atomic E-state index is 12.2. The predicted octanol–water partition coefficient (Wildman–Crippen LogP) is 4.44. The molecular formula is C18H17ClO2. The lowest BCUT2D eigenvalue weighted by Gasteiger charge is -2.15. The lowest BCUT2D eigenvalue weighted by atomic mass is 9.95.